The van der Waals surface area contributed by atoms with Crippen LogP contribution in [0.1, 0.15) is 15.9 Å². The molecule has 1 amide bonds. The number of halogens is 1. The number of thioether (sulfide) groups is 1. The van der Waals surface area contributed by atoms with Gasteiger partial charge in [0.05, 0.1) is 0 Å². The first-order valence-electron chi connectivity index (χ1n) is 8.05. The summed E-state index contributed by atoms with van der Waals surface area (Å²) < 4.78 is 0. The molecular formula is C19H21ClN2OS. The predicted molar refractivity (Wildman–Crippen MR) is 103 cm³/mol. The van der Waals surface area contributed by atoms with E-state index in [1.165, 1.54) is 5.56 Å². The third-order valence-corrected chi connectivity index (χ3v) is 5.08. The fourth-order valence-corrected chi connectivity index (χ4v) is 3.68. The van der Waals surface area contributed by atoms with E-state index < -0.39 is 0 Å². The van der Waals surface area contributed by atoms with E-state index in [2.05, 4.69) is 23.3 Å². The zero-order valence-corrected chi connectivity index (χ0v) is 15.3. The molecule has 3 nitrogen and oxygen atoms in total. The van der Waals surface area contributed by atoms with Crippen LogP contribution in [0.25, 0.3) is 0 Å². The average Bonchev–Trinajstić information content (AvgIpc) is 2.62. The SMILES string of the molecule is CSCc1cccc(C(=O)N2CCN(c3cccc(Cl)c3)CC2)c1. The lowest BCUT2D eigenvalue weighted by molar-refractivity contribution is 0.0746. The van der Waals surface area contributed by atoms with Crippen molar-refractivity contribution in [3.8, 4) is 0 Å². The van der Waals surface area contributed by atoms with Gasteiger partial charge in [0.25, 0.3) is 5.91 Å². The van der Waals surface area contributed by atoms with Gasteiger partial charge in [0.2, 0.25) is 0 Å². The van der Waals surface area contributed by atoms with Crippen LogP contribution < -0.4 is 4.90 Å². The Morgan fingerprint density at radius 2 is 1.83 bits per heavy atom. The second kappa shape index (κ2) is 7.95. The highest BCUT2D eigenvalue weighted by atomic mass is 35.5. The van der Waals surface area contributed by atoms with E-state index in [4.69, 9.17) is 11.6 Å². The second-order valence-corrected chi connectivity index (χ2v) is 7.19. The number of rotatable bonds is 4. The Bertz CT molecular complexity index is 714. The minimum atomic E-state index is 0.128. The molecule has 0 atom stereocenters. The van der Waals surface area contributed by atoms with Gasteiger partial charge in [-0.2, -0.15) is 11.8 Å². The number of hydrogen-bond donors (Lipinski definition) is 0. The normalized spacial score (nSPS) is 14.8. The van der Waals surface area contributed by atoms with E-state index in [-0.39, 0.29) is 5.91 Å². The Balaban J connectivity index is 1.64. The summed E-state index contributed by atoms with van der Waals surface area (Å²) in [5, 5.41) is 0.747. The van der Waals surface area contributed by atoms with Crippen molar-refractivity contribution in [2.45, 2.75) is 5.75 Å². The molecule has 24 heavy (non-hydrogen) atoms. The van der Waals surface area contributed by atoms with Crippen LogP contribution in [0.4, 0.5) is 5.69 Å². The van der Waals surface area contributed by atoms with Gasteiger partial charge in [-0.05, 0) is 42.2 Å². The summed E-state index contributed by atoms with van der Waals surface area (Å²) in [6.45, 7) is 3.13. The molecule has 5 heteroatoms. The van der Waals surface area contributed by atoms with Gasteiger partial charge in [0, 0.05) is 48.2 Å². The highest BCUT2D eigenvalue weighted by Crippen LogP contribution is 2.21. The molecule has 0 bridgehead atoms. The highest BCUT2D eigenvalue weighted by Gasteiger charge is 2.22. The van der Waals surface area contributed by atoms with E-state index in [0.29, 0.717) is 0 Å². The smallest absolute Gasteiger partial charge is 0.253 e. The van der Waals surface area contributed by atoms with Crippen molar-refractivity contribution in [1.29, 1.82) is 0 Å². The number of amides is 1. The summed E-state index contributed by atoms with van der Waals surface area (Å²) in [4.78, 5) is 17.0. The summed E-state index contributed by atoms with van der Waals surface area (Å²) in [5.41, 5.74) is 3.11. The zero-order valence-electron chi connectivity index (χ0n) is 13.7. The molecule has 1 fully saturated rings. The maximum atomic E-state index is 12.7. The topological polar surface area (TPSA) is 23.6 Å². The summed E-state index contributed by atoms with van der Waals surface area (Å²) in [6, 6.07) is 15.9. The summed E-state index contributed by atoms with van der Waals surface area (Å²) >= 11 is 7.84. The number of hydrogen-bond acceptors (Lipinski definition) is 3. The van der Waals surface area contributed by atoms with Crippen molar-refractivity contribution in [1.82, 2.24) is 4.90 Å². The first-order chi connectivity index (χ1) is 11.7. The van der Waals surface area contributed by atoms with Gasteiger partial charge in [-0.3, -0.25) is 4.79 Å². The predicted octanol–water partition coefficient (Wildman–Crippen LogP) is 4.17. The molecular weight excluding hydrogens is 340 g/mol. The largest absolute Gasteiger partial charge is 0.368 e. The molecule has 1 saturated heterocycles. The second-order valence-electron chi connectivity index (χ2n) is 5.89. The van der Waals surface area contributed by atoms with Gasteiger partial charge >= 0.3 is 0 Å². The molecule has 1 heterocycles. The van der Waals surface area contributed by atoms with Crippen LogP contribution in [0.3, 0.4) is 0 Å². The Morgan fingerprint density at radius 3 is 2.54 bits per heavy atom. The maximum Gasteiger partial charge on any atom is 0.253 e. The number of carbonyl (C=O) groups is 1. The van der Waals surface area contributed by atoms with Gasteiger partial charge in [0.1, 0.15) is 0 Å². The lowest BCUT2D eigenvalue weighted by Gasteiger charge is -2.36. The van der Waals surface area contributed by atoms with Crippen LogP contribution in [-0.4, -0.2) is 43.2 Å². The molecule has 0 spiro atoms. The van der Waals surface area contributed by atoms with E-state index in [1.807, 2.05) is 41.3 Å². The van der Waals surface area contributed by atoms with Crippen LogP contribution in [0.15, 0.2) is 48.5 Å². The van der Waals surface area contributed by atoms with E-state index in [0.717, 1.165) is 48.2 Å². The molecule has 2 aromatic carbocycles. The van der Waals surface area contributed by atoms with Crippen molar-refractivity contribution < 1.29 is 4.79 Å². The number of anilines is 1. The van der Waals surface area contributed by atoms with Gasteiger partial charge in [-0.1, -0.05) is 29.8 Å². The molecule has 3 rings (SSSR count). The van der Waals surface area contributed by atoms with Crippen molar-refractivity contribution in [2.24, 2.45) is 0 Å². The van der Waals surface area contributed by atoms with Gasteiger partial charge < -0.3 is 9.80 Å². The standard InChI is InChI=1S/C19H21ClN2OS/c1-24-14-15-4-2-5-16(12-15)19(23)22-10-8-21(9-11-22)18-7-3-6-17(20)13-18/h2-7,12-13H,8-11,14H2,1H3. The van der Waals surface area contributed by atoms with Crippen molar-refractivity contribution in [2.75, 3.05) is 37.3 Å². The van der Waals surface area contributed by atoms with Crippen LogP contribution in [0.5, 0.6) is 0 Å². The molecule has 1 aliphatic heterocycles. The summed E-state index contributed by atoms with van der Waals surface area (Å²) in [7, 11) is 0. The van der Waals surface area contributed by atoms with Crippen molar-refractivity contribution >= 4 is 35.0 Å². The first kappa shape index (κ1) is 17.2. The number of benzene rings is 2. The molecule has 0 N–H and O–H groups in total. The minimum Gasteiger partial charge on any atom is -0.368 e. The van der Waals surface area contributed by atoms with E-state index >= 15 is 0 Å². The van der Waals surface area contributed by atoms with E-state index in [9.17, 15) is 4.79 Å². The zero-order chi connectivity index (χ0) is 16.9. The molecule has 0 aromatic heterocycles. The van der Waals surface area contributed by atoms with E-state index in [1.54, 1.807) is 11.8 Å². The fraction of sp³-hybridized carbons (Fsp3) is 0.316. The third kappa shape index (κ3) is 4.05. The van der Waals surface area contributed by atoms with Crippen LogP contribution >= 0.6 is 23.4 Å². The monoisotopic (exact) mass is 360 g/mol. The molecule has 126 valence electrons. The summed E-state index contributed by atoms with van der Waals surface area (Å²) in [5.74, 6) is 1.06. The van der Waals surface area contributed by atoms with Crippen LogP contribution in [0, 0.1) is 0 Å². The Hall–Kier alpha value is -1.65. The summed E-state index contributed by atoms with van der Waals surface area (Å²) in [6.07, 6.45) is 2.07. The average molecular weight is 361 g/mol. The van der Waals surface area contributed by atoms with Crippen molar-refractivity contribution in [3.63, 3.8) is 0 Å². The quantitative estimate of drug-likeness (QED) is 0.817. The molecule has 0 aliphatic carbocycles. The highest BCUT2D eigenvalue weighted by molar-refractivity contribution is 7.97. The molecule has 1 aliphatic rings. The minimum absolute atomic E-state index is 0.128. The number of carbonyl (C=O) groups excluding carboxylic acids is 1. The maximum absolute atomic E-state index is 12.7. The third-order valence-electron chi connectivity index (χ3n) is 4.23. The Morgan fingerprint density at radius 1 is 1.08 bits per heavy atom. The lowest BCUT2D eigenvalue weighted by Crippen LogP contribution is -2.48. The van der Waals surface area contributed by atoms with Gasteiger partial charge in [0.15, 0.2) is 0 Å². The molecule has 0 saturated carbocycles. The molecule has 2 aromatic rings. The lowest BCUT2D eigenvalue weighted by atomic mass is 10.1. The Labute approximate surface area is 152 Å². The van der Waals surface area contributed by atoms with Gasteiger partial charge in [-0.15, -0.1) is 0 Å². The van der Waals surface area contributed by atoms with Crippen LogP contribution in [0.2, 0.25) is 5.02 Å². The molecule has 0 unspecified atom stereocenters. The number of piperazine rings is 1. The fourth-order valence-electron chi connectivity index (χ4n) is 2.98. The van der Waals surface area contributed by atoms with Crippen molar-refractivity contribution in [3.05, 3.63) is 64.7 Å². The number of nitrogens with zero attached hydrogens (tertiary/aromatic N) is 2. The first-order valence-corrected chi connectivity index (χ1v) is 9.82. The Kier molecular flexibility index (Phi) is 5.69. The van der Waals surface area contributed by atoms with Crippen LogP contribution in [-0.2, 0) is 5.75 Å². The van der Waals surface area contributed by atoms with Gasteiger partial charge in [-0.25, -0.2) is 0 Å². The molecule has 0 radical (unpaired) electrons.